The molecule has 1 spiro atoms. The molecule has 0 bridgehead atoms. The van der Waals surface area contributed by atoms with E-state index in [1.165, 1.54) is 83.1 Å². The van der Waals surface area contributed by atoms with E-state index in [2.05, 4.69) is 190 Å². The van der Waals surface area contributed by atoms with Crippen molar-refractivity contribution in [2.45, 2.75) is 26.2 Å². The minimum absolute atomic E-state index is 0.499. The summed E-state index contributed by atoms with van der Waals surface area (Å²) in [5, 5.41) is 2.50. The van der Waals surface area contributed by atoms with Crippen molar-refractivity contribution in [3.05, 3.63) is 215 Å². The van der Waals surface area contributed by atoms with Crippen LogP contribution in [0.25, 0.3) is 55.3 Å². The number of fused-ring (bicyclic) bond motifs is 10. The van der Waals surface area contributed by atoms with E-state index in [1.54, 1.807) is 0 Å². The minimum Gasteiger partial charge on any atom is -0.457 e. The molecule has 258 valence electrons. The number of hydrogen-bond donors (Lipinski definition) is 0. The Bertz CT molecular complexity index is 2900. The molecule has 1 unspecified atom stereocenters. The molecule has 0 N–H and O–H groups in total. The molecule has 2 aliphatic rings. The summed E-state index contributed by atoms with van der Waals surface area (Å²) in [4.78, 5) is 0. The third kappa shape index (κ3) is 4.47. The first-order valence-corrected chi connectivity index (χ1v) is 18.7. The highest BCUT2D eigenvalue weighted by molar-refractivity contribution is 6.10. The van der Waals surface area contributed by atoms with E-state index in [9.17, 15) is 0 Å². The summed E-state index contributed by atoms with van der Waals surface area (Å²) in [6.45, 7) is 10.7. The van der Waals surface area contributed by atoms with Crippen molar-refractivity contribution in [3.8, 4) is 39.4 Å². The van der Waals surface area contributed by atoms with Crippen LogP contribution in [0.15, 0.2) is 182 Å². The summed E-state index contributed by atoms with van der Waals surface area (Å²) in [6, 6.07) is 55.2. The maximum absolute atomic E-state index is 6.74. The SMILES string of the molecule is C=C/C=C\C1=C(C)C2(c3ccccc31)c1cc(-c3ccc4c(c3)c3ccccc3n4-c3ccccc3)ccc1-c1ccc(Oc3ccccc3C)c(C)c12. The smallest absolute Gasteiger partial charge is 0.130 e. The molecule has 2 aliphatic carbocycles. The number of para-hydroxylation sites is 3. The summed E-state index contributed by atoms with van der Waals surface area (Å²) >= 11 is 0. The van der Waals surface area contributed by atoms with Crippen LogP contribution < -0.4 is 4.74 Å². The molecule has 1 heterocycles. The molecule has 54 heavy (non-hydrogen) atoms. The van der Waals surface area contributed by atoms with Crippen LogP contribution in [0.5, 0.6) is 11.5 Å². The lowest BCUT2D eigenvalue weighted by Crippen LogP contribution is -2.27. The standard InChI is InChI=1S/C52H39NO/c1-5-6-19-39-35(4)52(45-22-13-11-20-40(39)45)46-32-37(25-27-41(46)43-28-30-50(34(3)51(43)52)54-49-24-15-10-16-33(49)2)36-26-29-48-44(31-36)42-21-12-14-23-47(42)53(48)38-17-8-7-9-18-38/h5-32H,1H2,2-4H3/b19-6-. The zero-order chi connectivity index (χ0) is 36.6. The summed E-state index contributed by atoms with van der Waals surface area (Å²) < 4.78 is 9.12. The van der Waals surface area contributed by atoms with E-state index >= 15 is 0 Å². The molecular weight excluding hydrogens is 655 g/mol. The van der Waals surface area contributed by atoms with Gasteiger partial charge in [0.05, 0.1) is 16.4 Å². The number of allylic oxidation sites excluding steroid dienone is 5. The van der Waals surface area contributed by atoms with Crippen molar-refractivity contribution in [2.75, 3.05) is 0 Å². The first-order valence-electron chi connectivity index (χ1n) is 18.7. The molecule has 0 saturated carbocycles. The Morgan fingerprint density at radius 2 is 1.28 bits per heavy atom. The van der Waals surface area contributed by atoms with Crippen LogP contribution in [0, 0.1) is 13.8 Å². The van der Waals surface area contributed by atoms with Crippen LogP contribution in [-0.2, 0) is 5.41 Å². The van der Waals surface area contributed by atoms with Crippen molar-refractivity contribution >= 4 is 27.4 Å². The number of aryl methyl sites for hydroxylation is 1. The Hall–Kier alpha value is -6.64. The zero-order valence-corrected chi connectivity index (χ0v) is 30.7. The highest BCUT2D eigenvalue weighted by Crippen LogP contribution is 2.64. The average molecular weight is 694 g/mol. The second kappa shape index (κ2) is 12.2. The quantitative estimate of drug-likeness (QED) is 0.158. The van der Waals surface area contributed by atoms with Crippen LogP contribution >= 0.6 is 0 Å². The van der Waals surface area contributed by atoms with Crippen LogP contribution in [0.4, 0.5) is 0 Å². The molecule has 0 saturated heterocycles. The number of ether oxygens (including phenoxy) is 1. The van der Waals surface area contributed by atoms with Gasteiger partial charge in [-0.25, -0.2) is 0 Å². The van der Waals surface area contributed by atoms with Gasteiger partial charge in [-0.3, -0.25) is 0 Å². The second-order valence-corrected chi connectivity index (χ2v) is 14.6. The fourth-order valence-corrected chi connectivity index (χ4v) is 9.41. The molecule has 2 heteroatoms. The van der Waals surface area contributed by atoms with Gasteiger partial charge in [-0.15, -0.1) is 0 Å². The van der Waals surface area contributed by atoms with E-state index < -0.39 is 5.41 Å². The van der Waals surface area contributed by atoms with E-state index in [4.69, 9.17) is 4.74 Å². The Morgan fingerprint density at radius 3 is 2.13 bits per heavy atom. The monoisotopic (exact) mass is 693 g/mol. The van der Waals surface area contributed by atoms with E-state index in [0.717, 1.165) is 22.6 Å². The van der Waals surface area contributed by atoms with Crippen LogP contribution in [0.2, 0.25) is 0 Å². The molecule has 0 amide bonds. The van der Waals surface area contributed by atoms with Gasteiger partial charge in [0, 0.05) is 16.5 Å². The predicted molar refractivity (Wildman–Crippen MR) is 226 cm³/mol. The number of rotatable bonds is 6. The van der Waals surface area contributed by atoms with Crippen molar-refractivity contribution in [1.29, 1.82) is 0 Å². The molecule has 0 aliphatic heterocycles. The molecule has 0 fully saturated rings. The Kier molecular flexibility index (Phi) is 7.25. The topological polar surface area (TPSA) is 14.2 Å². The van der Waals surface area contributed by atoms with E-state index in [1.807, 2.05) is 12.1 Å². The van der Waals surface area contributed by atoms with Crippen LogP contribution in [0.3, 0.4) is 0 Å². The molecule has 8 aromatic rings. The second-order valence-electron chi connectivity index (χ2n) is 14.6. The third-order valence-electron chi connectivity index (χ3n) is 11.8. The molecular formula is C52H39NO. The highest BCUT2D eigenvalue weighted by Gasteiger charge is 2.52. The van der Waals surface area contributed by atoms with Crippen molar-refractivity contribution in [1.82, 2.24) is 4.57 Å². The number of hydrogen-bond acceptors (Lipinski definition) is 1. The van der Waals surface area contributed by atoms with Gasteiger partial charge in [-0.1, -0.05) is 128 Å². The van der Waals surface area contributed by atoms with Crippen LogP contribution in [-0.4, -0.2) is 4.57 Å². The molecule has 1 aromatic heterocycles. The van der Waals surface area contributed by atoms with Gasteiger partial charge in [0.15, 0.2) is 0 Å². The van der Waals surface area contributed by atoms with Crippen molar-refractivity contribution < 1.29 is 4.74 Å². The Labute approximate surface area is 316 Å². The van der Waals surface area contributed by atoms with Gasteiger partial charge < -0.3 is 9.30 Å². The molecule has 2 nitrogen and oxygen atoms in total. The van der Waals surface area contributed by atoms with Gasteiger partial charge in [-0.2, -0.15) is 0 Å². The van der Waals surface area contributed by atoms with Gasteiger partial charge >= 0.3 is 0 Å². The summed E-state index contributed by atoms with van der Waals surface area (Å²) in [6.07, 6.45) is 6.16. The number of benzene rings is 7. The highest BCUT2D eigenvalue weighted by atomic mass is 16.5. The van der Waals surface area contributed by atoms with Gasteiger partial charge in [0.1, 0.15) is 11.5 Å². The summed E-state index contributed by atoms with van der Waals surface area (Å²) in [5.41, 5.74) is 18.0. The van der Waals surface area contributed by atoms with E-state index in [-0.39, 0.29) is 0 Å². The fourth-order valence-electron chi connectivity index (χ4n) is 9.41. The lowest BCUT2D eigenvalue weighted by Gasteiger charge is -2.33. The predicted octanol–water partition coefficient (Wildman–Crippen LogP) is 13.7. The van der Waals surface area contributed by atoms with Gasteiger partial charge in [0.2, 0.25) is 0 Å². The maximum Gasteiger partial charge on any atom is 0.130 e. The number of aromatic nitrogens is 1. The van der Waals surface area contributed by atoms with Crippen LogP contribution in [0.1, 0.15) is 40.3 Å². The van der Waals surface area contributed by atoms with Gasteiger partial charge in [-0.05, 0) is 136 Å². The molecule has 7 aromatic carbocycles. The van der Waals surface area contributed by atoms with Gasteiger partial charge in [0.25, 0.3) is 0 Å². The number of nitrogens with zero attached hydrogens (tertiary/aromatic N) is 1. The fraction of sp³-hybridized carbons (Fsp3) is 0.0769. The normalized spacial score (nSPS) is 15.7. The van der Waals surface area contributed by atoms with Crippen molar-refractivity contribution in [2.24, 2.45) is 0 Å². The molecule has 0 radical (unpaired) electrons. The third-order valence-corrected chi connectivity index (χ3v) is 11.8. The minimum atomic E-state index is -0.499. The first kappa shape index (κ1) is 32.0. The lowest BCUT2D eigenvalue weighted by atomic mass is 9.68. The van der Waals surface area contributed by atoms with Crippen molar-refractivity contribution in [3.63, 3.8) is 0 Å². The largest absolute Gasteiger partial charge is 0.457 e. The zero-order valence-electron chi connectivity index (χ0n) is 30.7. The Morgan fingerprint density at radius 1 is 0.574 bits per heavy atom. The average Bonchev–Trinajstić information content (AvgIpc) is 3.79. The lowest BCUT2D eigenvalue weighted by molar-refractivity contribution is 0.473. The maximum atomic E-state index is 6.74. The first-order chi connectivity index (χ1) is 26.5. The summed E-state index contributed by atoms with van der Waals surface area (Å²) in [5.74, 6) is 1.76. The molecule has 1 atom stereocenters. The Balaban J connectivity index is 1.22. The molecule has 10 rings (SSSR count). The summed E-state index contributed by atoms with van der Waals surface area (Å²) in [7, 11) is 0. The van der Waals surface area contributed by atoms with E-state index in [0.29, 0.717) is 0 Å².